The number of aromatic nitrogens is 2. The van der Waals surface area contributed by atoms with Gasteiger partial charge in [-0.25, -0.2) is 0 Å². The van der Waals surface area contributed by atoms with Crippen molar-refractivity contribution in [2.45, 2.75) is 252 Å². The van der Waals surface area contributed by atoms with Gasteiger partial charge >= 0.3 is 0 Å². The molecule has 0 spiro atoms. The molecule has 0 N–H and O–H groups in total. The van der Waals surface area contributed by atoms with Gasteiger partial charge in [0, 0.05) is 39.5 Å². The van der Waals surface area contributed by atoms with Crippen LogP contribution in [0.25, 0.3) is 66.7 Å². The number of nitrogens with zero attached hydrogens (tertiary/aromatic N) is 2. The van der Waals surface area contributed by atoms with Crippen molar-refractivity contribution in [1.29, 1.82) is 0 Å². The summed E-state index contributed by atoms with van der Waals surface area (Å²) in [7, 11) is 0. The quantitative estimate of drug-likeness (QED) is 0.0421. The van der Waals surface area contributed by atoms with Gasteiger partial charge in [0.2, 0.25) is 0 Å². The zero-order valence-corrected chi connectivity index (χ0v) is 61.7. The minimum atomic E-state index is -0.762. The molecule has 3 atom stereocenters. The Hall–Kier alpha value is -6.50. The molecule has 0 amide bonds. The number of rotatable bonds is 30. The van der Waals surface area contributed by atoms with E-state index in [9.17, 15) is 0 Å². The van der Waals surface area contributed by atoms with Gasteiger partial charge in [-0.05, 0) is 201 Å². The number of hydrogen-bond acceptors (Lipinski definition) is 5. The third kappa shape index (κ3) is 12.1. The van der Waals surface area contributed by atoms with Gasteiger partial charge in [-0.2, -0.15) is 8.75 Å². The van der Waals surface area contributed by atoms with Gasteiger partial charge in [-0.3, -0.25) is 0 Å². The van der Waals surface area contributed by atoms with Crippen LogP contribution in [0.3, 0.4) is 0 Å². The first kappa shape index (κ1) is 68.0. The molecule has 96 heavy (non-hydrogen) atoms. The number of aryl methyl sites for hydroxylation is 2. The average Bonchev–Trinajstić information content (AvgIpc) is 1.49. The number of benzene rings is 8. The molecule has 502 valence electrons. The molecule has 1 aromatic heterocycles. The Morgan fingerprint density at radius 3 is 1.67 bits per heavy atom. The molecule has 0 saturated carbocycles. The lowest BCUT2D eigenvalue weighted by molar-refractivity contribution is -0.106. The number of unbranched alkanes of at least 4 members (excludes halogenated alkanes) is 9. The zero-order valence-electron chi connectivity index (χ0n) is 60.9. The first-order chi connectivity index (χ1) is 46.4. The third-order valence-corrected chi connectivity index (χ3v) is 25.8. The Kier molecular flexibility index (Phi) is 19.6. The maximum atomic E-state index is 7.84. The van der Waals surface area contributed by atoms with Gasteiger partial charge < -0.3 is 9.47 Å². The maximum absolute atomic E-state index is 7.84. The van der Waals surface area contributed by atoms with Crippen LogP contribution < -0.4 is 0 Å². The Morgan fingerprint density at radius 1 is 0.458 bits per heavy atom. The Balaban J connectivity index is 0.813. The zero-order chi connectivity index (χ0) is 67.2. The van der Waals surface area contributed by atoms with Crippen molar-refractivity contribution in [3.8, 4) is 55.6 Å². The van der Waals surface area contributed by atoms with E-state index in [0.29, 0.717) is 12.0 Å². The summed E-state index contributed by atoms with van der Waals surface area (Å²) in [6.45, 7) is 33.7. The van der Waals surface area contributed by atoms with Crippen LogP contribution in [-0.2, 0) is 49.6 Å². The third-order valence-electron chi connectivity index (χ3n) is 25.2. The van der Waals surface area contributed by atoms with Crippen LogP contribution in [0, 0.1) is 19.3 Å². The summed E-state index contributed by atoms with van der Waals surface area (Å²) in [5.74, 6) is 0. The lowest BCUT2D eigenvalue weighted by Crippen LogP contribution is -2.47. The van der Waals surface area contributed by atoms with Crippen LogP contribution in [0.4, 0.5) is 0 Å². The van der Waals surface area contributed by atoms with E-state index >= 15 is 0 Å². The molecule has 4 nitrogen and oxygen atoms in total. The molecule has 2 heterocycles. The minimum Gasteiger partial charge on any atom is -0.380 e. The first-order valence-corrected chi connectivity index (χ1v) is 38.5. The van der Waals surface area contributed by atoms with Crippen molar-refractivity contribution in [2.75, 3.05) is 19.8 Å². The first-order valence-electron chi connectivity index (χ1n) is 37.8. The van der Waals surface area contributed by atoms with E-state index in [1.54, 1.807) is 0 Å². The van der Waals surface area contributed by atoms with Crippen LogP contribution >= 0.6 is 11.7 Å². The SMILES string of the molecule is CCCCCCC(C)(C)c1ccc2c(c1)C(OCCCCCCCCC1(C)COC1)(c1cc(C)ccc1C)c1cc(-c3ccc4c(c3)Cc3cc(C(CC)(CCCC)C(C)(CC)c5ccc(-c6ccc7c(c6)Cc6cc(C(C)(CC)CC)ccc6-7)c6nsnc56)ccc3-4)ccc1-2. The fourth-order valence-corrected chi connectivity index (χ4v) is 18.8. The van der Waals surface area contributed by atoms with Crippen molar-refractivity contribution in [2.24, 2.45) is 5.41 Å². The highest BCUT2D eigenvalue weighted by molar-refractivity contribution is 7.00. The highest BCUT2D eigenvalue weighted by Gasteiger charge is 2.50. The molecule has 1 saturated heterocycles. The molecule has 9 aromatic rings. The molecule has 5 heteroatoms. The summed E-state index contributed by atoms with van der Waals surface area (Å²) in [6.07, 6.45) is 24.5. The summed E-state index contributed by atoms with van der Waals surface area (Å²) < 4.78 is 23.8. The summed E-state index contributed by atoms with van der Waals surface area (Å²) in [4.78, 5) is 0. The molecular weight excluding hydrogens is 1190 g/mol. The van der Waals surface area contributed by atoms with Crippen molar-refractivity contribution >= 4 is 22.8 Å². The minimum absolute atomic E-state index is 0.0270. The molecule has 0 bridgehead atoms. The molecule has 13 rings (SSSR count). The highest BCUT2D eigenvalue weighted by atomic mass is 32.1. The van der Waals surface area contributed by atoms with E-state index in [1.807, 2.05) is 0 Å². The maximum Gasteiger partial charge on any atom is 0.145 e. The van der Waals surface area contributed by atoms with Gasteiger partial charge in [-0.1, -0.05) is 286 Å². The van der Waals surface area contributed by atoms with E-state index in [-0.39, 0.29) is 21.7 Å². The van der Waals surface area contributed by atoms with Crippen molar-refractivity contribution in [1.82, 2.24) is 8.75 Å². The fraction of sp³-hybridized carbons (Fsp3) is 0.473. The second-order valence-corrected chi connectivity index (χ2v) is 32.2. The van der Waals surface area contributed by atoms with Crippen molar-refractivity contribution in [3.63, 3.8) is 0 Å². The lowest BCUT2D eigenvalue weighted by Gasteiger charge is -2.50. The van der Waals surface area contributed by atoms with E-state index in [2.05, 4.69) is 230 Å². The van der Waals surface area contributed by atoms with Gasteiger partial charge in [0.1, 0.15) is 16.6 Å². The van der Waals surface area contributed by atoms with E-state index < -0.39 is 5.60 Å². The number of fused-ring (bicyclic) bond motifs is 10. The largest absolute Gasteiger partial charge is 0.380 e. The second-order valence-electron chi connectivity index (χ2n) is 31.7. The van der Waals surface area contributed by atoms with Crippen molar-refractivity contribution in [3.05, 3.63) is 212 Å². The molecule has 1 aliphatic heterocycles. The molecule has 1 fully saturated rings. The second kappa shape index (κ2) is 27.7. The molecule has 0 radical (unpaired) electrons. The molecule has 3 unspecified atom stereocenters. The summed E-state index contributed by atoms with van der Waals surface area (Å²) in [6, 6.07) is 56.2. The standard InChI is InChI=1S/C91H110N2O2S/c1-14-20-22-27-46-86(9,10)70-35-43-79-78-40-33-64(57-82(78)91(83(79)58-70,81-50-61(7)30-31-62(81)8)95-49-29-26-24-23-25-28-47-87(11)59-94-60-87)63-32-38-73-66(51-63)53-69-56-72(37-42-76(69)73)90(19-6,48-21-15-2)89(13,18-5)80-45-44-77(84-85(80)93-96-92-84)65-34-39-74-67(52-65)54-68-55-71(36-41-75(68)74)88(12,16-3)17-4/h30-45,50-52,55-58H,14-29,46-49,53-54,59-60H2,1-13H3. The Bertz CT molecular complexity index is 4300. The molecule has 3 aliphatic carbocycles. The summed E-state index contributed by atoms with van der Waals surface area (Å²) in [5, 5.41) is 0. The van der Waals surface area contributed by atoms with Crippen LogP contribution in [0.2, 0.25) is 0 Å². The van der Waals surface area contributed by atoms with Gasteiger partial charge in [0.15, 0.2) is 0 Å². The van der Waals surface area contributed by atoms with Gasteiger partial charge in [0.25, 0.3) is 0 Å². The highest BCUT2D eigenvalue weighted by Crippen LogP contribution is 2.58. The normalized spacial score (nSPS) is 17.1. The van der Waals surface area contributed by atoms with Crippen molar-refractivity contribution < 1.29 is 9.47 Å². The fourth-order valence-electron chi connectivity index (χ4n) is 18.3. The number of hydrogen-bond donors (Lipinski definition) is 0. The summed E-state index contributed by atoms with van der Waals surface area (Å²) in [5.41, 5.74) is 32.4. The number of ether oxygens (including phenoxy) is 2. The monoisotopic (exact) mass is 1290 g/mol. The molecule has 4 aliphatic rings. The van der Waals surface area contributed by atoms with E-state index in [1.165, 1.54) is 210 Å². The average molecular weight is 1300 g/mol. The van der Waals surface area contributed by atoms with Crippen LogP contribution in [0.1, 0.15) is 270 Å². The van der Waals surface area contributed by atoms with Crippen LogP contribution in [-0.4, -0.2) is 28.6 Å². The van der Waals surface area contributed by atoms with Crippen LogP contribution in [0.5, 0.6) is 0 Å². The Morgan fingerprint density at radius 2 is 1.01 bits per heavy atom. The van der Waals surface area contributed by atoms with Crippen LogP contribution in [0.15, 0.2) is 140 Å². The van der Waals surface area contributed by atoms with Gasteiger partial charge in [-0.15, -0.1) is 0 Å². The van der Waals surface area contributed by atoms with E-state index in [4.69, 9.17) is 18.2 Å². The molecule has 8 aromatic carbocycles. The van der Waals surface area contributed by atoms with E-state index in [0.717, 1.165) is 88.5 Å². The predicted molar refractivity (Wildman–Crippen MR) is 409 cm³/mol. The Labute approximate surface area is 582 Å². The summed E-state index contributed by atoms with van der Waals surface area (Å²) >= 11 is 1.37. The smallest absolute Gasteiger partial charge is 0.145 e. The predicted octanol–water partition coefficient (Wildman–Crippen LogP) is 25.4. The topological polar surface area (TPSA) is 44.2 Å². The molecular formula is C91H110N2O2S. The lowest BCUT2D eigenvalue weighted by atomic mass is 9.53. The van der Waals surface area contributed by atoms with Gasteiger partial charge in [0.05, 0.1) is 24.9 Å².